The van der Waals surface area contributed by atoms with E-state index in [4.69, 9.17) is 4.74 Å². The van der Waals surface area contributed by atoms with Crippen LogP contribution in [0.5, 0.6) is 0 Å². The van der Waals surface area contributed by atoms with Crippen LogP contribution in [0.3, 0.4) is 0 Å². The average molecular weight is 624 g/mol. The molecule has 3 N–H and O–H groups in total. The second kappa shape index (κ2) is 15.1. The van der Waals surface area contributed by atoms with Gasteiger partial charge in [-0.1, -0.05) is 34.1 Å². The fourth-order valence-electron chi connectivity index (χ4n) is 6.16. The molecule has 0 saturated carbocycles. The molecule has 1 aromatic heterocycles. The number of sulfone groups is 1. The lowest BCUT2D eigenvalue weighted by Crippen LogP contribution is -2.63. The number of carbonyl (C=O) groups is 2. The predicted octanol–water partition coefficient (Wildman–Crippen LogP) is 2.51. The van der Waals surface area contributed by atoms with E-state index in [1.165, 1.54) is 0 Å². The van der Waals surface area contributed by atoms with Crippen LogP contribution >= 0.6 is 0 Å². The highest BCUT2D eigenvalue weighted by Gasteiger charge is 2.44. The van der Waals surface area contributed by atoms with Crippen LogP contribution < -0.4 is 10.6 Å². The third-order valence-electron chi connectivity index (χ3n) is 8.18. The lowest BCUT2D eigenvalue weighted by molar-refractivity contribution is -0.131. The van der Waals surface area contributed by atoms with Crippen LogP contribution in [0.25, 0.3) is 0 Å². The number of amides is 2. The van der Waals surface area contributed by atoms with Gasteiger partial charge >= 0.3 is 6.09 Å². The van der Waals surface area contributed by atoms with E-state index in [2.05, 4.69) is 33.5 Å². The van der Waals surface area contributed by atoms with Crippen LogP contribution in [-0.2, 0) is 32.3 Å². The number of pyridine rings is 1. The summed E-state index contributed by atoms with van der Waals surface area (Å²) in [6, 6.07) is 3.03. The van der Waals surface area contributed by atoms with Gasteiger partial charge in [-0.05, 0) is 63.6 Å². The van der Waals surface area contributed by atoms with Crippen molar-refractivity contribution >= 4 is 21.8 Å². The third kappa shape index (κ3) is 10.1. The van der Waals surface area contributed by atoms with Gasteiger partial charge in [-0.15, -0.1) is 0 Å². The molecule has 244 valence electrons. The van der Waals surface area contributed by atoms with E-state index >= 15 is 0 Å². The molecule has 43 heavy (non-hydrogen) atoms. The molecule has 2 amide bonds. The summed E-state index contributed by atoms with van der Waals surface area (Å²) in [5.41, 5.74) is 1.81. The normalized spacial score (nSPS) is 24.4. The van der Waals surface area contributed by atoms with Crippen LogP contribution in [-0.4, -0.2) is 107 Å². The number of aryl methyl sites for hydroxylation is 1. The van der Waals surface area contributed by atoms with E-state index in [1.807, 2.05) is 58.7 Å². The number of aromatic nitrogens is 1. The number of aliphatic hydroxyl groups is 1. The molecule has 0 radical (unpaired) electrons. The van der Waals surface area contributed by atoms with Crippen molar-refractivity contribution in [2.45, 2.75) is 116 Å². The van der Waals surface area contributed by atoms with Crippen molar-refractivity contribution in [1.82, 2.24) is 25.4 Å². The number of hydrogen-bond acceptors (Lipinski definition) is 9. The first kappa shape index (κ1) is 35.2. The van der Waals surface area contributed by atoms with E-state index in [-0.39, 0.29) is 30.5 Å². The van der Waals surface area contributed by atoms with Gasteiger partial charge in [0, 0.05) is 50.2 Å². The summed E-state index contributed by atoms with van der Waals surface area (Å²) >= 11 is 0. The zero-order valence-corrected chi connectivity index (χ0v) is 27.8. The monoisotopic (exact) mass is 623 g/mol. The lowest BCUT2D eigenvalue weighted by atomic mass is 10.0. The summed E-state index contributed by atoms with van der Waals surface area (Å²) in [6.45, 7) is 16.1. The number of hydrogen-bond donors (Lipinski definition) is 3. The van der Waals surface area contributed by atoms with Crippen LogP contribution in [0, 0.1) is 5.92 Å². The number of β-amino-alcohol motifs (C(OH)–C–C–N with tert-alkyl or cyclic N) is 1. The Labute approximate surface area is 258 Å². The highest BCUT2D eigenvalue weighted by Crippen LogP contribution is 2.29. The highest BCUT2D eigenvalue weighted by atomic mass is 32.2. The quantitative estimate of drug-likeness (QED) is 0.320. The van der Waals surface area contributed by atoms with E-state index in [1.54, 1.807) is 0 Å². The van der Waals surface area contributed by atoms with Gasteiger partial charge in [-0.25, -0.2) is 13.2 Å². The summed E-state index contributed by atoms with van der Waals surface area (Å²) in [6.07, 6.45) is 2.10. The minimum Gasteiger partial charge on any atom is -0.445 e. The molecule has 2 fully saturated rings. The molecule has 11 nitrogen and oxygen atoms in total. The minimum absolute atomic E-state index is 0.00130. The number of piperazine rings is 1. The predicted molar refractivity (Wildman–Crippen MR) is 167 cm³/mol. The maximum Gasteiger partial charge on any atom is 0.407 e. The SMILES string of the molecule is CCCc1cc(CN2CCN(C[C@@H](O)[C@H](CC)NC(=O)O[C@@H]3CCS(=O)(=O)[C@@H]3C(C)C)[C@H](C(=O)NC(C)(C)C)C2)ccn1. The fourth-order valence-corrected chi connectivity index (χ4v) is 8.48. The van der Waals surface area contributed by atoms with Gasteiger partial charge in [0.2, 0.25) is 5.91 Å². The lowest BCUT2D eigenvalue weighted by Gasteiger charge is -2.43. The van der Waals surface area contributed by atoms with Crippen molar-refractivity contribution in [1.29, 1.82) is 0 Å². The van der Waals surface area contributed by atoms with Crippen molar-refractivity contribution in [3.05, 3.63) is 29.6 Å². The van der Waals surface area contributed by atoms with E-state index < -0.39 is 51.0 Å². The molecule has 5 atom stereocenters. The molecular weight excluding hydrogens is 570 g/mol. The Kier molecular flexibility index (Phi) is 12.4. The van der Waals surface area contributed by atoms with Gasteiger partial charge in [-0.3, -0.25) is 19.6 Å². The Morgan fingerprint density at radius 1 is 1.21 bits per heavy atom. The number of rotatable bonds is 12. The topological polar surface area (TPSA) is 141 Å². The minimum atomic E-state index is -3.31. The van der Waals surface area contributed by atoms with Crippen molar-refractivity contribution in [2.75, 3.05) is 31.9 Å². The summed E-state index contributed by atoms with van der Waals surface area (Å²) in [5.74, 6) is -0.281. The molecule has 3 rings (SSSR count). The van der Waals surface area contributed by atoms with E-state index in [9.17, 15) is 23.1 Å². The second-order valence-corrected chi connectivity index (χ2v) is 15.7. The number of ether oxygens (including phenoxy) is 1. The largest absolute Gasteiger partial charge is 0.445 e. The Balaban J connectivity index is 1.66. The fraction of sp³-hybridized carbons (Fsp3) is 0.774. The molecular formula is C31H53N5O6S. The molecule has 0 unspecified atom stereocenters. The standard InChI is InChI=1S/C31H53N5O6S/c1-8-10-23-17-22(11-13-32-23)18-35-14-15-36(25(19-35)29(38)34-31(5,6)7)20-26(37)24(9-2)33-30(39)42-27-12-16-43(40,41)28(27)21(3)4/h11,13,17,21,24-28,37H,8-10,12,14-16,18-20H2,1-7H3,(H,33,39)(H,34,38)/t24-,25-,26+,27+,28+/m0/s1. The number of nitrogens with one attached hydrogen (secondary N) is 2. The molecule has 3 heterocycles. The van der Waals surface area contributed by atoms with Crippen molar-refractivity contribution in [2.24, 2.45) is 5.92 Å². The average Bonchev–Trinajstić information content (AvgIpc) is 3.20. The van der Waals surface area contributed by atoms with Gasteiger partial charge in [-0.2, -0.15) is 0 Å². The Hall–Kier alpha value is -2.28. The van der Waals surface area contributed by atoms with Gasteiger partial charge in [0.15, 0.2) is 9.84 Å². The number of carbonyl (C=O) groups excluding carboxylic acids is 2. The summed E-state index contributed by atoms with van der Waals surface area (Å²) in [4.78, 5) is 35.0. The first-order valence-electron chi connectivity index (χ1n) is 15.7. The van der Waals surface area contributed by atoms with Gasteiger partial charge in [0.1, 0.15) is 17.4 Å². The zero-order chi connectivity index (χ0) is 31.9. The maximum atomic E-state index is 13.5. The molecule has 0 aliphatic carbocycles. The molecule has 2 saturated heterocycles. The van der Waals surface area contributed by atoms with Crippen LogP contribution in [0.2, 0.25) is 0 Å². The van der Waals surface area contributed by atoms with E-state index in [0.29, 0.717) is 26.1 Å². The van der Waals surface area contributed by atoms with Gasteiger partial charge < -0.3 is 20.5 Å². The highest BCUT2D eigenvalue weighted by molar-refractivity contribution is 7.92. The van der Waals surface area contributed by atoms with Crippen LogP contribution in [0.15, 0.2) is 18.3 Å². The van der Waals surface area contributed by atoms with Crippen molar-refractivity contribution in [3.63, 3.8) is 0 Å². The number of alkyl carbamates (subject to hydrolysis) is 1. The summed E-state index contributed by atoms with van der Waals surface area (Å²) in [5, 5.41) is 16.4. The molecule has 0 spiro atoms. The number of aliphatic hydroxyl groups excluding tert-OH is 1. The molecule has 2 aliphatic heterocycles. The van der Waals surface area contributed by atoms with Crippen LogP contribution in [0.4, 0.5) is 4.79 Å². The molecule has 0 bridgehead atoms. The smallest absolute Gasteiger partial charge is 0.407 e. The zero-order valence-electron chi connectivity index (χ0n) is 27.0. The van der Waals surface area contributed by atoms with Crippen LogP contribution in [0.1, 0.15) is 79.0 Å². The maximum absolute atomic E-state index is 13.5. The Bertz CT molecular complexity index is 1190. The summed E-state index contributed by atoms with van der Waals surface area (Å²) < 4.78 is 30.5. The Morgan fingerprint density at radius 3 is 2.56 bits per heavy atom. The number of nitrogens with zero attached hydrogens (tertiary/aromatic N) is 3. The second-order valence-electron chi connectivity index (χ2n) is 13.4. The first-order valence-corrected chi connectivity index (χ1v) is 17.4. The van der Waals surface area contributed by atoms with Gasteiger partial charge in [0.05, 0.1) is 17.9 Å². The Morgan fingerprint density at radius 2 is 1.93 bits per heavy atom. The molecule has 1 aromatic rings. The van der Waals surface area contributed by atoms with Gasteiger partial charge in [0.25, 0.3) is 0 Å². The molecule has 0 aromatic carbocycles. The summed E-state index contributed by atoms with van der Waals surface area (Å²) in [7, 11) is -3.31. The first-order chi connectivity index (χ1) is 20.1. The molecule has 2 aliphatic rings. The van der Waals surface area contributed by atoms with E-state index in [0.717, 1.165) is 30.6 Å². The molecule has 12 heteroatoms. The third-order valence-corrected chi connectivity index (χ3v) is 10.7. The van der Waals surface area contributed by atoms with Crippen molar-refractivity contribution < 1.29 is 27.9 Å². The van der Waals surface area contributed by atoms with Crippen molar-refractivity contribution in [3.8, 4) is 0 Å².